The van der Waals surface area contributed by atoms with Crippen LogP contribution in [0.4, 0.5) is 4.39 Å². The maximum atomic E-state index is 13.8. The second-order valence-electron chi connectivity index (χ2n) is 4.45. The monoisotopic (exact) mass is 254 g/mol. The number of nitrogens with two attached hydrogens (primary N) is 1. The van der Waals surface area contributed by atoms with Crippen molar-refractivity contribution in [1.82, 2.24) is 4.90 Å². The molecule has 2 N–H and O–H groups in total. The summed E-state index contributed by atoms with van der Waals surface area (Å²) in [6.07, 6.45) is 0. The molecule has 2 nitrogen and oxygen atoms in total. The van der Waals surface area contributed by atoms with Crippen LogP contribution in [-0.4, -0.2) is 35.5 Å². The number of halogens is 1. The summed E-state index contributed by atoms with van der Waals surface area (Å²) in [6.45, 7) is 4.66. The maximum Gasteiger partial charge on any atom is 0.128 e. The molecule has 0 saturated carbocycles. The highest BCUT2D eigenvalue weighted by molar-refractivity contribution is 7.99. The van der Waals surface area contributed by atoms with Crippen molar-refractivity contribution in [3.63, 3.8) is 0 Å². The topological polar surface area (TPSA) is 29.3 Å². The van der Waals surface area contributed by atoms with E-state index in [0.717, 1.165) is 24.4 Å². The Hall–Kier alpha value is -0.580. The van der Waals surface area contributed by atoms with Crippen LogP contribution >= 0.6 is 11.8 Å². The Morgan fingerprint density at radius 1 is 1.53 bits per heavy atom. The molecule has 2 rings (SSSR count). The van der Waals surface area contributed by atoms with Crippen molar-refractivity contribution in [2.24, 2.45) is 5.73 Å². The molecule has 17 heavy (non-hydrogen) atoms. The van der Waals surface area contributed by atoms with Crippen molar-refractivity contribution in [2.45, 2.75) is 18.2 Å². The molecule has 0 spiro atoms. The van der Waals surface area contributed by atoms with E-state index in [-0.39, 0.29) is 11.9 Å². The smallest absolute Gasteiger partial charge is 0.128 e. The van der Waals surface area contributed by atoms with E-state index in [1.807, 2.05) is 23.9 Å². The van der Waals surface area contributed by atoms with Crippen LogP contribution < -0.4 is 5.73 Å². The second kappa shape index (κ2) is 5.85. The fraction of sp³-hybridized carbons (Fsp3) is 0.538. The zero-order valence-electron chi connectivity index (χ0n) is 10.1. The van der Waals surface area contributed by atoms with E-state index >= 15 is 0 Å². The highest BCUT2D eigenvalue weighted by atomic mass is 32.2. The molecule has 1 heterocycles. The van der Waals surface area contributed by atoms with Gasteiger partial charge in [-0.25, -0.2) is 4.39 Å². The van der Waals surface area contributed by atoms with E-state index in [1.165, 1.54) is 6.07 Å². The summed E-state index contributed by atoms with van der Waals surface area (Å²) in [7, 11) is 0. The largest absolute Gasteiger partial charge is 0.329 e. The number of benzene rings is 1. The van der Waals surface area contributed by atoms with Crippen LogP contribution in [0.15, 0.2) is 24.3 Å². The average Bonchev–Trinajstić information content (AvgIpc) is 2.33. The highest BCUT2D eigenvalue weighted by Gasteiger charge is 2.25. The molecule has 1 aliphatic rings. The van der Waals surface area contributed by atoms with Crippen molar-refractivity contribution in [2.75, 3.05) is 25.4 Å². The lowest BCUT2D eigenvalue weighted by Crippen LogP contribution is -2.42. The third kappa shape index (κ3) is 3.00. The lowest BCUT2D eigenvalue weighted by atomic mass is 10.0. The van der Waals surface area contributed by atoms with Gasteiger partial charge in [0.25, 0.3) is 0 Å². The van der Waals surface area contributed by atoms with E-state index in [2.05, 4.69) is 11.8 Å². The van der Waals surface area contributed by atoms with Gasteiger partial charge in [-0.2, -0.15) is 11.8 Å². The summed E-state index contributed by atoms with van der Waals surface area (Å²) in [5.41, 5.74) is 6.57. The Balaban J connectivity index is 2.18. The highest BCUT2D eigenvalue weighted by Crippen LogP contribution is 2.27. The van der Waals surface area contributed by atoms with E-state index in [0.29, 0.717) is 11.8 Å². The Labute approximate surface area is 106 Å². The molecule has 0 aliphatic carbocycles. The average molecular weight is 254 g/mol. The number of thioether (sulfide) groups is 1. The van der Waals surface area contributed by atoms with E-state index in [4.69, 9.17) is 5.73 Å². The molecule has 2 atom stereocenters. The molecular formula is C13H19FN2S. The quantitative estimate of drug-likeness (QED) is 0.897. The summed E-state index contributed by atoms with van der Waals surface area (Å²) in [5.74, 6) is 0.959. The van der Waals surface area contributed by atoms with Crippen LogP contribution in [0.5, 0.6) is 0 Å². The predicted octanol–water partition coefficient (Wildman–Crippen LogP) is 2.26. The first-order chi connectivity index (χ1) is 8.22. The summed E-state index contributed by atoms with van der Waals surface area (Å²) < 4.78 is 13.8. The molecule has 1 aromatic carbocycles. The van der Waals surface area contributed by atoms with Crippen molar-refractivity contribution >= 4 is 11.8 Å². The zero-order valence-corrected chi connectivity index (χ0v) is 10.9. The van der Waals surface area contributed by atoms with E-state index in [1.54, 1.807) is 6.07 Å². The van der Waals surface area contributed by atoms with Crippen molar-refractivity contribution in [3.8, 4) is 0 Å². The Bertz CT molecular complexity index is 372. The first kappa shape index (κ1) is 12.9. The number of hydrogen-bond acceptors (Lipinski definition) is 3. The van der Waals surface area contributed by atoms with Gasteiger partial charge >= 0.3 is 0 Å². The lowest BCUT2D eigenvalue weighted by Gasteiger charge is -2.36. The number of nitrogens with zero attached hydrogens (tertiary/aromatic N) is 1. The molecule has 1 aliphatic heterocycles. The third-order valence-electron chi connectivity index (χ3n) is 3.20. The summed E-state index contributed by atoms with van der Waals surface area (Å²) >= 11 is 1.97. The molecule has 0 radical (unpaired) electrons. The SMILES string of the molecule is CC1CN(C(CN)c2ccccc2F)CCS1. The Morgan fingerprint density at radius 3 is 2.94 bits per heavy atom. The Morgan fingerprint density at radius 2 is 2.29 bits per heavy atom. The first-order valence-electron chi connectivity index (χ1n) is 6.02. The molecule has 94 valence electrons. The first-order valence-corrected chi connectivity index (χ1v) is 7.07. The summed E-state index contributed by atoms with van der Waals surface area (Å²) in [5, 5.41) is 0.601. The molecular weight excluding hydrogens is 235 g/mol. The minimum absolute atomic E-state index is 0.0135. The van der Waals surface area contributed by atoms with Crippen molar-refractivity contribution < 1.29 is 4.39 Å². The third-order valence-corrected chi connectivity index (χ3v) is 4.34. The number of rotatable bonds is 3. The zero-order chi connectivity index (χ0) is 12.3. The van der Waals surface area contributed by atoms with Crippen LogP contribution in [0.25, 0.3) is 0 Å². The Kier molecular flexibility index (Phi) is 4.42. The predicted molar refractivity (Wildman–Crippen MR) is 71.7 cm³/mol. The van der Waals surface area contributed by atoms with Crippen molar-refractivity contribution in [3.05, 3.63) is 35.6 Å². The van der Waals surface area contributed by atoms with Gasteiger partial charge in [-0.3, -0.25) is 4.90 Å². The van der Waals surface area contributed by atoms with Crippen LogP contribution in [0, 0.1) is 5.82 Å². The van der Waals surface area contributed by atoms with Crippen LogP contribution in [-0.2, 0) is 0 Å². The fourth-order valence-corrected chi connectivity index (χ4v) is 3.39. The van der Waals surface area contributed by atoms with Gasteiger partial charge in [0.05, 0.1) is 0 Å². The van der Waals surface area contributed by atoms with E-state index < -0.39 is 0 Å². The maximum absolute atomic E-state index is 13.8. The normalized spacial score (nSPS) is 23.6. The van der Waals surface area contributed by atoms with Gasteiger partial charge < -0.3 is 5.73 Å². The second-order valence-corrected chi connectivity index (χ2v) is 6.00. The van der Waals surface area contributed by atoms with Gasteiger partial charge in [0.1, 0.15) is 5.82 Å². The van der Waals surface area contributed by atoms with Gasteiger partial charge in [0.15, 0.2) is 0 Å². The van der Waals surface area contributed by atoms with Gasteiger partial charge in [-0.1, -0.05) is 25.1 Å². The minimum atomic E-state index is -0.145. The standard InChI is InChI=1S/C13H19FN2S/c1-10-9-16(6-7-17-10)13(8-15)11-4-2-3-5-12(11)14/h2-5,10,13H,6-9,15H2,1H3. The molecule has 0 bridgehead atoms. The van der Waals surface area contributed by atoms with Crippen LogP contribution in [0.1, 0.15) is 18.5 Å². The van der Waals surface area contributed by atoms with Gasteiger partial charge in [0, 0.05) is 42.2 Å². The summed E-state index contributed by atoms with van der Waals surface area (Å²) in [6, 6.07) is 6.98. The van der Waals surface area contributed by atoms with Crippen LogP contribution in [0.3, 0.4) is 0 Å². The van der Waals surface area contributed by atoms with Crippen LogP contribution in [0.2, 0.25) is 0 Å². The molecule has 0 amide bonds. The summed E-state index contributed by atoms with van der Waals surface area (Å²) in [4.78, 5) is 2.31. The molecule has 1 fully saturated rings. The number of hydrogen-bond donors (Lipinski definition) is 1. The van der Waals surface area contributed by atoms with Gasteiger partial charge in [0.2, 0.25) is 0 Å². The van der Waals surface area contributed by atoms with E-state index in [9.17, 15) is 4.39 Å². The van der Waals surface area contributed by atoms with Crippen molar-refractivity contribution in [1.29, 1.82) is 0 Å². The minimum Gasteiger partial charge on any atom is -0.329 e. The van der Waals surface area contributed by atoms with Gasteiger partial charge in [-0.05, 0) is 6.07 Å². The molecule has 2 unspecified atom stereocenters. The van der Waals surface area contributed by atoms with Gasteiger partial charge in [-0.15, -0.1) is 0 Å². The lowest BCUT2D eigenvalue weighted by molar-refractivity contribution is 0.207. The molecule has 1 aromatic rings. The fourth-order valence-electron chi connectivity index (χ4n) is 2.35. The molecule has 0 aromatic heterocycles. The molecule has 4 heteroatoms. The molecule has 1 saturated heterocycles.